The van der Waals surface area contributed by atoms with Gasteiger partial charge in [-0.05, 0) is 30.9 Å². The number of carbonyl (C=O) groups is 1. The summed E-state index contributed by atoms with van der Waals surface area (Å²) in [7, 11) is 0. The van der Waals surface area contributed by atoms with Crippen LogP contribution in [-0.2, 0) is 11.2 Å². The lowest BCUT2D eigenvalue weighted by molar-refractivity contribution is -0.118. The average molecular weight is 235 g/mol. The minimum Gasteiger partial charge on any atom is -0.309 e. The lowest BCUT2D eigenvalue weighted by atomic mass is 10.0. The number of nitrogens with zero attached hydrogens (tertiary/aromatic N) is 1. The van der Waals surface area contributed by atoms with E-state index in [2.05, 4.69) is 6.92 Å². The number of para-hydroxylation sites is 1. The van der Waals surface area contributed by atoms with Gasteiger partial charge < -0.3 is 4.90 Å². The largest absolute Gasteiger partial charge is 0.309 e. The first kappa shape index (κ1) is 12.1. The summed E-state index contributed by atoms with van der Waals surface area (Å²) in [6, 6.07) is 5.07. The number of benzene rings is 1. The fraction of sp³-hybridized carbons (Fsp3) is 0.500. The minimum absolute atomic E-state index is 0.0536. The van der Waals surface area contributed by atoms with Gasteiger partial charge in [0.15, 0.2) is 0 Å². The van der Waals surface area contributed by atoms with E-state index in [4.69, 9.17) is 0 Å². The second-order valence-electron chi connectivity index (χ2n) is 4.50. The van der Waals surface area contributed by atoms with E-state index < -0.39 is 0 Å². The number of hydrogen-bond donors (Lipinski definition) is 0. The zero-order valence-corrected chi connectivity index (χ0v) is 10.2. The maximum absolute atomic E-state index is 13.8. The van der Waals surface area contributed by atoms with Crippen LogP contribution in [0, 0.1) is 5.82 Å². The van der Waals surface area contributed by atoms with E-state index in [0.29, 0.717) is 18.7 Å². The SMILES string of the molecule is CCCCC(=O)N1CCCc2cccc(F)c21. The first-order chi connectivity index (χ1) is 8.24. The van der Waals surface area contributed by atoms with E-state index in [1.54, 1.807) is 11.0 Å². The smallest absolute Gasteiger partial charge is 0.227 e. The van der Waals surface area contributed by atoms with Crippen LogP contribution in [0.3, 0.4) is 0 Å². The van der Waals surface area contributed by atoms with Crippen LogP contribution in [0.5, 0.6) is 0 Å². The first-order valence-corrected chi connectivity index (χ1v) is 6.31. The normalized spacial score (nSPS) is 14.6. The Morgan fingerprint density at radius 1 is 1.47 bits per heavy atom. The highest BCUT2D eigenvalue weighted by molar-refractivity contribution is 5.94. The maximum atomic E-state index is 13.8. The van der Waals surface area contributed by atoms with Crippen molar-refractivity contribution in [1.29, 1.82) is 0 Å². The van der Waals surface area contributed by atoms with Gasteiger partial charge >= 0.3 is 0 Å². The third-order valence-electron chi connectivity index (χ3n) is 3.21. The van der Waals surface area contributed by atoms with Crippen molar-refractivity contribution in [3.8, 4) is 0 Å². The third-order valence-corrected chi connectivity index (χ3v) is 3.21. The molecular weight excluding hydrogens is 217 g/mol. The monoisotopic (exact) mass is 235 g/mol. The number of halogens is 1. The second-order valence-corrected chi connectivity index (χ2v) is 4.50. The molecule has 1 heterocycles. The number of unbranched alkanes of at least 4 members (excludes halogenated alkanes) is 1. The van der Waals surface area contributed by atoms with Crippen molar-refractivity contribution in [2.45, 2.75) is 39.0 Å². The van der Waals surface area contributed by atoms with Crippen molar-refractivity contribution in [1.82, 2.24) is 0 Å². The Labute approximate surface area is 101 Å². The summed E-state index contributed by atoms with van der Waals surface area (Å²) in [6.45, 7) is 2.70. The molecule has 0 unspecified atom stereocenters. The van der Waals surface area contributed by atoms with Crippen molar-refractivity contribution in [2.24, 2.45) is 0 Å². The summed E-state index contributed by atoms with van der Waals surface area (Å²) in [5, 5.41) is 0. The van der Waals surface area contributed by atoms with Gasteiger partial charge in [-0.25, -0.2) is 4.39 Å². The van der Waals surface area contributed by atoms with E-state index in [1.165, 1.54) is 6.07 Å². The van der Waals surface area contributed by atoms with Gasteiger partial charge in [-0.2, -0.15) is 0 Å². The fourth-order valence-corrected chi connectivity index (χ4v) is 2.32. The van der Waals surface area contributed by atoms with Gasteiger partial charge in [0.25, 0.3) is 0 Å². The van der Waals surface area contributed by atoms with E-state index in [0.717, 1.165) is 31.2 Å². The lowest BCUT2D eigenvalue weighted by Gasteiger charge is -2.29. The molecule has 0 fully saturated rings. The van der Waals surface area contributed by atoms with Crippen molar-refractivity contribution in [2.75, 3.05) is 11.4 Å². The molecule has 3 heteroatoms. The molecule has 1 aliphatic heterocycles. The van der Waals surface area contributed by atoms with Crippen LogP contribution in [0.2, 0.25) is 0 Å². The zero-order valence-electron chi connectivity index (χ0n) is 10.2. The average Bonchev–Trinajstić information content (AvgIpc) is 2.35. The molecule has 1 aromatic rings. The molecule has 0 radical (unpaired) electrons. The molecule has 2 rings (SSSR count). The van der Waals surface area contributed by atoms with Crippen molar-refractivity contribution in [3.05, 3.63) is 29.6 Å². The molecule has 0 N–H and O–H groups in total. The topological polar surface area (TPSA) is 20.3 Å². The van der Waals surface area contributed by atoms with Crippen LogP contribution < -0.4 is 4.90 Å². The Kier molecular flexibility index (Phi) is 3.77. The number of hydrogen-bond acceptors (Lipinski definition) is 1. The van der Waals surface area contributed by atoms with Crippen LogP contribution in [0.25, 0.3) is 0 Å². The standard InChI is InChI=1S/C14H18FNO/c1-2-3-9-13(17)16-10-5-7-11-6-4-8-12(15)14(11)16/h4,6,8H,2-3,5,7,9-10H2,1H3. The summed E-state index contributed by atoms with van der Waals surface area (Å²) in [4.78, 5) is 13.7. The number of carbonyl (C=O) groups excluding carboxylic acids is 1. The highest BCUT2D eigenvalue weighted by Crippen LogP contribution is 2.30. The molecule has 0 saturated carbocycles. The summed E-state index contributed by atoms with van der Waals surface area (Å²) in [6.07, 6.45) is 4.17. The van der Waals surface area contributed by atoms with Crippen LogP contribution in [0.1, 0.15) is 38.2 Å². The molecule has 0 aromatic heterocycles. The second kappa shape index (κ2) is 5.30. The number of aryl methyl sites for hydroxylation is 1. The Morgan fingerprint density at radius 2 is 2.29 bits per heavy atom. The molecule has 2 nitrogen and oxygen atoms in total. The summed E-state index contributed by atoms with van der Waals surface area (Å²) in [5.41, 5.74) is 1.47. The van der Waals surface area contributed by atoms with E-state index >= 15 is 0 Å². The van der Waals surface area contributed by atoms with Crippen molar-refractivity contribution < 1.29 is 9.18 Å². The van der Waals surface area contributed by atoms with Crippen molar-refractivity contribution >= 4 is 11.6 Å². The molecular formula is C14H18FNO. The Hall–Kier alpha value is -1.38. The quantitative estimate of drug-likeness (QED) is 0.787. The van der Waals surface area contributed by atoms with Crippen molar-refractivity contribution in [3.63, 3.8) is 0 Å². The lowest BCUT2D eigenvalue weighted by Crippen LogP contribution is -2.36. The van der Waals surface area contributed by atoms with Gasteiger partial charge in [0, 0.05) is 13.0 Å². The maximum Gasteiger partial charge on any atom is 0.227 e. The molecule has 17 heavy (non-hydrogen) atoms. The number of rotatable bonds is 3. The molecule has 1 aromatic carbocycles. The van der Waals surface area contributed by atoms with E-state index in [9.17, 15) is 9.18 Å². The van der Waals surface area contributed by atoms with Gasteiger partial charge in [0.2, 0.25) is 5.91 Å². The predicted octanol–water partition coefficient (Wildman–Crippen LogP) is 3.30. The molecule has 0 atom stereocenters. The predicted molar refractivity (Wildman–Crippen MR) is 66.6 cm³/mol. The third kappa shape index (κ3) is 2.48. The Morgan fingerprint density at radius 3 is 3.06 bits per heavy atom. The van der Waals surface area contributed by atoms with Crippen LogP contribution >= 0.6 is 0 Å². The Balaban J connectivity index is 2.25. The van der Waals surface area contributed by atoms with Gasteiger partial charge in [-0.1, -0.05) is 25.5 Å². The highest BCUT2D eigenvalue weighted by Gasteiger charge is 2.24. The molecule has 1 amide bonds. The molecule has 92 valence electrons. The molecule has 1 aliphatic rings. The van der Waals surface area contributed by atoms with Gasteiger partial charge in [0.05, 0.1) is 5.69 Å². The van der Waals surface area contributed by atoms with Gasteiger partial charge in [-0.3, -0.25) is 4.79 Å². The molecule has 0 saturated heterocycles. The number of anilines is 1. The summed E-state index contributed by atoms with van der Waals surface area (Å²) >= 11 is 0. The van der Waals surface area contributed by atoms with Crippen LogP contribution in [0.4, 0.5) is 10.1 Å². The van der Waals surface area contributed by atoms with Crippen LogP contribution in [0.15, 0.2) is 18.2 Å². The summed E-state index contributed by atoms with van der Waals surface area (Å²) in [5.74, 6) is -0.218. The van der Waals surface area contributed by atoms with Gasteiger partial charge in [-0.15, -0.1) is 0 Å². The zero-order chi connectivity index (χ0) is 12.3. The highest BCUT2D eigenvalue weighted by atomic mass is 19.1. The number of fused-ring (bicyclic) bond motifs is 1. The van der Waals surface area contributed by atoms with Gasteiger partial charge in [0.1, 0.15) is 5.82 Å². The summed E-state index contributed by atoms with van der Waals surface area (Å²) < 4.78 is 13.8. The van der Waals surface area contributed by atoms with E-state index in [1.807, 2.05) is 6.07 Å². The Bertz CT molecular complexity index is 417. The molecule has 0 spiro atoms. The van der Waals surface area contributed by atoms with E-state index in [-0.39, 0.29) is 11.7 Å². The fourth-order valence-electron chi connectivity index (χ4n) is 2.32. The molecule has 0 aliphatic carbocycles. The van der Waals surface area contributed by atoms with Crippen LogP contribution in [-0.4, -0.2) is 12.5 Å². The minimum atomic E-state index is -0.271. The number of amides is 1. The molecule has 0 bridgehead atoms. The first-order valence-electron chi connectivity index (χ1n) is 6.31.